The molecule has 3 aromatic heterocycles. The van der Waals surface area contributed by atoms with Gasteiger partial charge >= 0.3 is 0 Å². The van der Waals surface area contributed by atoms with Crippen LogP contribution in [0.3, 0.4) is 0 Å². The van der Waals surface area contributed by atoms with E-state index in [1.807, 2.05) is 31.2 Å². The van der Waals surface area contributed by atoms with E-state index in [1.54, 1.807) is 34.8 Å². The molecule has 170 valence electrons. The van der Waals surface area contributed by atoms with E-state index in [0.717, 1.165) is 10.6 Å². The summed E-state index contributed by atoms with van der Waals surface area (Å²) in [5, 5.41) is 19.9. The normalized spacial score (nSPS) is 11.0. The molecule has 1 amide bonds. The van der Waals surface area contributed by atoms with Crippen LogP contribution in [-0.4, -0.2) is 30.8 Å². The van der Waals surface area contributed by atoms with E-state index < -0.39 is 5.91 Å². The average Bonchev–Trinajstić information content (AvgIpc) is 3.54. The fourth-order valence-corrected chi connectivity index (χ4v) is 4.74. The lowest BCUT2D eigenvalue weighted by molar-refractivity contribution is 0.0951. The number of benzene rings is 2. The first-order chi connectivity index (χ1) is 16.4. The van der Waals surface area contributed by atoms with Crippen LogP contribution >= 0.6 is 46.8 Å². The fraction of sp³-hybridized carbons (Fsp3) is 0.0455. The number of nitrogens with one attached hydrogen (secondary N) is 2. The molecule has 12 heteroatoms. The van der Waals surface area contributed by atoms with E-state index in [-0.39, 0.29) is 10.9 Å². The molecule has 34 heavy (non-hydrogen) atoms. The van der Waals surface area contributed by atoms with Crippen molar-refractivity contribution in [1.82, 2.24) is 25.1 Å². The molecule has 3 heterocycles. The molecule has 5 rings (SSSR count). The highest BCUT2D eigenvalue weighted by Gasteiger charge is 2.18. The van der Waals surface area contributed by atoms with Gasteiger partial charge in [0, 0.05) is 11.1 Å². The van der Waals surface area contributed by atoms with Gasteiger partial charge < -0.3 is 9.73 Å². The number of thiocarbonyl (C=S) groups is 1. The van der Waals surface area contributed by atoms with Crippen LogP contribution in [0.2, 0.25) is 10.0 Å². The summed E-state index contributed by atoms with van der Waals surface area (Å²) in [5.74, 6) is 0.685. The molecule has 0 radical (unpaired) electrons. The molecule has 2 aromatic carbocycles. The van der Waals surface area contributed by atoms with Gasteiger partial charge in [0.1, 0.15) is 10.8 Å². The lowest BCUT2D eigenvalue weighted by Crippen LogP contribution is -2.34. The van der Waals surface area contributed by atoms with Gasteiger partial charge in [0.15, 0.2) is 16.7 Å². The van der Waals surface area contributed by atoms with Gasteiger partial charge in [-0.3, -0.25) is 10.1 Å². The number of hydrogen-bond donors (Lipinski definition) is 2. The van der Waals surface area contributed by atoms with E-state index in [4.69, 9.17) is 39.8 Å². The largest absolute Gasteiger partial charge is 0.451 e. The van der Waals surface area contributed by atoms with Gasteiger partial charge in [-0.1, -0.05) is 52.7 Å². The van der Waals surface area contributed by atoms with Crippen molar-refractivity contribution in [2.24, 2.45) is 0 Å². The minimum Gasteiger partial charge on any atom is -0.451 e. The molecule has 0 aliphatic heterocycles. The fourth-order valence-electron chi connectivity index (χ4n) is 3.22. The highest BCUT2D eigenvalue weighted by molar-refractivity contribution is 7.80. The maximum atomic E-state index is 12.7. The SMILES string of the molecule is Cc1nnc2sc(-c3ccccc3NC(=S)NC(=O)c3ccc(-c4cccc(Cl)c4Cl)o3)nn12. The molecule has 5 aromatic rings. The van der Waals surface area contributed by atoms with Crippen LogP contribution in [0.1, 0.15) is 16.4 Å². The summed E-state index contributed by atoms with van der Waals surface area (Å²) in [6.45, 7) is 1.83. The lowest BCUT2D eigenvalue weighted by atomic mass is 10.2. The molecule has 0 bridgehead atoms. The molecule has 0 fully saturated rings. The standard InChI is InChI=1S/C22H14Cl2N6O2S2/c1-11-27-28-22-30(11)29-20(34-22)12-5-2-3-8-15(12)25-21(33)26-19(31)17-10-9-16(32-17)13-6-4-7-14(23)18(13)24/h2-10H,1H3,(H2,25,26,31,33). The summed E-state index contributed by atoms with van der Waals surface area (Å²) in [7, 11) is 0. The van der Waals surface area contributed by atoms with Gasteiger partial charge in [0.05, 0.1) is 15.7 Å². The van der Waals surface area contributed by atoms with Gasteiger partial charge in [0.25, 0.3) is 5.91 Å². The molecule has 0 saturated carbocycles. The van der Waals surface area contributed by atoms with Crippen LogP contribution in [0.5, 0.6) is 0 Å². The van der Waals surface area contributed by atoms with Crippen molar-refractivity contribution in [2.45, 2.75) is 6.92 Å². The molecule has 0 aliphatic carbocycles. The molecule has 0 saturated heterocycles. The maximum absolute atomic E-state index is 12.7. The highest BCUT2D eigenvalue weighted by atomic mass is 35.5. The number of para-hydroxylation sites is 1. The number of carbonyl (C=O) groups excluding carboxylic acids is 1. The number of anilines is 1. The number of nitrogens with zero attached hydrogens (tertiary/aromatic N) is 4. The Balaban J connectivity index is 1.32. The van der Waals surface area contributed by atoms with Crippen LogP contribution in [0.4, 0.5) is 5.69 Å². The first kappa shape index (κ1) is 22.5. The smallest absolute Gasteiger partial charge is 0.293 e. The number of amides is 1. The van der Waals surface area contributed by atoms with E-state index in [9.17, 15) is 4.79 Å². The number of aryl methyl sites for hydroxylation is 1. The second-order valence-corrected chi connectivity index (χ2v) is 9.22. The second-order valence-electron chi connectivity index (χ2n) is 7.07. The Morgan fingerprint density at radius 1 is 1.06 bits per heavy atom. The third kappa shape index (κ3) is 4.28. The Morgan fingerprint density at radius 2 is 1.85 bits per heavy atom. The van der Waals surface area contributed by atoms with Crippen molar-refractivity contribution < 1.29 is 9.21 Å². The zero-order valence-corrected chi connectivity index (χ0v) is 20.5. The summed E-state index contributed by atoms with van der Waals surface area (Å²) in [4.78, 5) is 13.4. The number of fused-ring (bicyclic) bond motifs is 1. The first-order valence-corrected chi connectivity index (χ1v) is 11.8. The van der Waals surface area contributed by atoms with Gasteiger partial charge in [-0.05, 0) is 55.5 Å². The van der Waals surface area contributed by atoms with Crippen LogP contribution in [-0.2, 0) is 0 Å². The number of furan rings is 1. The Kier molecular flexibility index (Phi) is 6.05. The quantitative estimate of drug-likeness (QED) is 0.282. The minimum atomic E-state index is -0.506. The van der Waals surface area contributed by atoms with Crippen molar-refractivity contribution in [3.63, 3.8) is 0 Å². The van der Waals surface area contributed by atoms with E-state index in [0.29, 0.717) is 37.8 Å². The Bertz CT molecular complexity index is 1560. The summed E-state index contributed by atoms with van der Waals surface area (Å²) in [6.07, 6.45) is 0. The van der Waals surface area contributed by atoms with Crippen molar-refractivity contribution in [2.75, 3.05) is 5.32 Å². The zero-order chi connectivity index (χ0) is 23.8. The Morgan fingerprint density at radius 3 is 2.68 bits per heavy atom. The van der Waals surface area contributed by atoms with Crippen LogP contribution in [0, 0.1) is 6.92 Å². The molecule has 0 spiro atoms. The Hall–Kier alpha value is -3.31. The predicted octanol–water partition coefficient (Wildman–Crippen LogP) is 5.85. The molecule has 2 N–H and O–H groups in total. The van der Waals surface area contributed by atoms with E-state index >= 15 is 0 Å². The van der Waals surface area contributed by atoms with Gasteiger partial charge in [-0.15, -0.1) is 10.2 Å². The monoisotopic (exact) mass is 528 g/mol. The number of halogens is 2. The van der Waals surface area contributed by atoms with E-state index in [1.165, 1.54) is 11.3 Å². The number of aromatic nitrogens is 4. The molecule has 8 nitrogen and oxygen atoms in total. The third-order valence-electron chi connectivity index (χ3n) is 4.83. The van der Waals surface area contributed by atoms with Crippen LogP contribution in [0.15, 0.2) is 59.0 Å². The number of carbonyl (C=O) groups is 1. The molecule has 0 unspecified atom stereocenters. The van der Waals surface area contributed by atoms with Gasteiger partial charge in [0.2, 0.25) is 4.96 Å². The van der Waals surface area contributed by atoms with Crippen molar-refractivity contribution in [3.05, 3.63) is 76.2 Å². The third-order valence-corrected chi connectivity index (χ3v) is 6.78. The number of hydrogen-bond acceptors (Lipinski definition) is 7. The first-order valence-electron chi connectivity index (χ1n) is 9.85. The molecule has 0 atom stereocenters. The Labute approximate surface area is 212 Å². The average molecular weight is 529 g/mol. The van der Waals surface area contributed by atoms with Gasteiger partial charge in [-0.25, -0.2) is 0 Å². The molecular formula is C22H14Cl2N6O2S2. The maximum Gasteiger partial charge on any atom is 0.293 e. The zero-order valence-electron chi connectivity index (χ0n) is 17.4. The summed E-state index contributed by atoms with van der Waals surface area (Å²) in [6, 6.07) is 15.9. The summed E-state index contributed by atoms with van der Waals surface area (Å²) < 4.78 is 7.36. The summed E-state index contributed by atoms with van der Waals surface area (Å²) in [5.41, 5.74) is 2.08. The minimum absolute atomic E-state index is 0.0765. The lowest BCUT2D eigenvalue weighted by Gasteiger charge is -2.11. The number of rotatable bonds is 4. The van der Waals surface area contributed by atoms with Gasteiger partial charge in [-0.2, -0.15) is 9.61 Å². The predicted molar refractivity (Wildman–Crippen MR) is 137 cm³/mol. The van der Waals surface area contributed by atoms with E-state index in [2.05, 4.69) is 25.9 Å². The van der Waals surface area contributed by atoms with Crippen LogP contribution < -0.4 is 10.6 Å². The molecule has 0 aliphatic rings. The highest BCUT2D eigenvalue weighted by Crippen LogP contribution is 2.34. The van der Waals surface area contributed by atoms with Crippen molar-refractivity contribution in [1.29, 1.82) is 0 Å². The molecular weight excluding hydrogens is 515 g/mol. The van der Waals surface area contributed by atoms with Crippen molar-refractivity contribution >= 4 is 68.4 Å². The van der Waals surface area contributed by atoms with Crippen LogP contribution in [0.25, 0.3) is 26.9 Å². The second kappa shape index (κ2) is 9.15. The topological polar surface area (TPSA) is 97.3 Å². The van der Waals surface area contributed by atoms with Crippen molar-refractivity contribution in [3.8, 4) is 21.9 Å². The summed E-state index contributed by atoms with van der Waals surface area (Å²) >= 11 is 19.1.